The lowest BCUT2D eigenvalue weighted by Gasteiger charge is -2.34. The maximum Gasteiger partial charge on any atom is 0.174 e. The van der Waals surface area contributed by atoms with Gasteiger partial charge in [0, 0.05) is 11.1 Å². The first kappa shape index (κ1) is 25.4. The first-order valence-corrected chi connectivity index (χ1v) is 12.2. The molecule has 2 aromatic rings. The molecule has 2 aromatic carbocycles. The van der Waals surface area contributed by atoms with Crippen molar-refractivity contribution in [1.82, 2.24) is 0 Å². The predicted octanol–water partition coefficient (Wildman–Crippen LogP) is 6.71. The monoisotopic (exact) mass is 490 g/mol. The Morgan fingerprint density at radius 3 is 2.33 bits per heavy atom. The lowest BCUT2D eigenvalue weighted by molar-refractivity contribution is 0.0839. The number of hydrogen-bond acceptors (Lipinski definition) is 6. The maximum atomic E-state index is 13.4. The highest BCUT2D eigenvalue weighted by molar-refractivity contribution is 6.05. The third-order valence-corrected chi connectivity index (χ3v) is 6.45. The average Bonchev–Trinajstić information content (AvgIpc) is 2.78. The molecule has 1 unspecified atom stereocenters. The zero-order chi connectivity index (χ0) is 26.4. The van der Waals surface area contributed by atoms with Gasteiger partial charge in [-0.1, -0.05) is 23.3 Å². The molecular formula is C30H34O6. The normalized spacial score (nSPS) is 17.4. The molecule has 36 heavy (non-hydrogen) atoms. The number of rotatable bonds is 5. The molecule has 1 atom stereocenters. The molecule has 0 aliphatic carbocycles. The summed E-state index contributed by atoms with van der Waals surface area (Å²) in [5.74, 6) is -0.0421. The van der Waals surface area contributed by atoms with Gasteiger partial charge in [0.05, 0.1) is 12.0 Å². The summed E-state index contributed by atoms with van der Waals surface area (Å²) in [6.45, 7) is 11.8. The average molecular weight is 491 g/mol. The van der Waals surface area contributed by atoms with Crippen molar-refractivity contribution in [2.45, 2.75) is 72.5 Å². The van der Waals surface area contributed by atoms with Gasteiger partial charge >= 0.3 is 0 Å². The van der Waals surface area contributed by atoms with Gasteiger partial charge in [-0.25, -0.2) is 0 Å². The molecule has 0 fully saturated rings. The van der Waals surface area contributed by atoms with Crippen molar-refractivity contribution in [3.05, 3.63) is 69.3 Å². The Hall–Kier alpha value is -3.67. The predicted molar refractivity (Wildman–Crippen MR) is 140 cm³/mol. The fourth-order valence-corrected chi connectivity index (χ4v) is 4.50. The van der Waals surface area contributed by atoms with Crippen LogP contribution in [-0.2, 0) is 12.8 Å². The summed E-state index contributed by atoms with van der Waals surface area (Å²) in [7, 11) is 0. The van der Waals surface area contributed by atoms with Crippen LogP contribution in [0.4, 0.5) is 0 Å². The van der Waals surface area contributed by atoms with Crippen molar-refractivity contribution in [1.29, 1.82) is 0 Å². The van der Waals surface area contributed by atoms with Gasteiger partial charge in [-0.05, 0) is 84.2 Å². The second-order valence-electron chi connectivity index (χ2n) is 10.6. The van der Waals surface area contributed by atoms with Crippen molar-refractivity contribution in [2.24, 2.45) is 0 Å². The lowest BCUT2D eigenvalue weighted by atomic mass is 9.88. The minimum atomic E-state index is -0.697. The first-order valence-electron chi connectivity index (χ1n) is 12.2. The van der Waals surface area contributed by atoms with Gasteiger partial charge in [-0.3, -0.25) is 4.79 Å². The largest absolute Gasteiger partial charge is 0.506 e. The fraction of sp³-hybridized carbons (Fsp3) is 0.367. The molecule has 190 valence electrons. The Morgan fingerprint density at radius 2 is 1.67 bits per heavy atom. The summed E-state index contributed by atoms with van der Waals surface area (Å²) in [5.41, 5.74) is 4.04. The van der Waals surface area contributed by atoms with E-state index in [1.165, 1.54) is 6.07 Å². The Labute approximate surface area is 212 Å². The molecule has 2 aliphatic rings. The minimum Gasteiger partial charge on any atom is -0.506 e. The number of phenols is 3. The Morgan fingerprint density at radius 1 is 1.00 bits per heavy atom. The molecule has 2 aliphatic heterocycles. The van der Waals surface area contributed by atoms with Crippen LogP contribution in [0.5, 0.6) is 28.7 Å². The van der Waals surface area contributed by atoms with Crippen LogP contribution in [0.25, 0.3) is 6.08 Å². The van der Waals surface area contributed by atoms with Crippen molar-refractivity contribution in [3.8, 4) is 28.7 Å². The van der Waals surface area contributed by atoms with Crippen LogP contribution in [0.3, 0.4) is 0 Å². The van der Waals surface area contributed by atoms with Crippen molar-refractivity contribution < 1.29 is 29.6 Å². The van der Waals surface area contributed by atoms with Crippen LogP contribution < -0.4 is 9.47 Å². The van der Waals surface area contributed by atoms with Gasteiger partial charge in [0.25, 0.3) is 0 Å². The van der Waals surface area contributed by atoms with Crippen LogP contribution in [-0.4, -0.2) is 26.7 Å². The van der Waals surface area contributed by atoms with E-state index in [2.05, 4.69) is 0 Å². The standard InChI is InChI=1S/C30H34O6/c1-16(2)7-9-18-13-19(14-23(32)26(18)33)24-15-22(31)25-27(34)20-11-12-30(5,6)36-28(20)21(29(25)35-24)10-8-17(3)4/h7-8,11-14,24,32-34H,9-10,15H2,1-6H3. The van der Waals surface area contributed by atoms with Crippen molar-refractivity contribution >= 4 is 11.9 Å². The maximum absolute atomic E-state index is 13.4. The van der Waals surface area contributed by atoms with Gasteiger partial charge in [-0.15, -0.1) is 0 Å². The molecule has 0 aromatic heterocycles. The topological polar surface area (TPSA) is 96.2 Å². The van der Waals surface area contributed by atoms with Crippen LogP contribution in [0.1, 0.15) is 86.7 Å². The number of carbonyl (C=O) groups excluding carboxylic acids is 1. The summed E-state index contributed by atoms with van der Waals surface area (Å²) in [5, 5.41) is 31.9. The van der Waals surface area contributed by atoms with E-state index >= 15 is 0 Å². The number of ether oxygens (including phenoxy) is 2. The number of allylic oxidation sites excluding steroid dienone is 4. The second-order valence-corrected chi connectivity index (χ2v) is 10.6. The highest BCUT2D eigenvalue weighted by Crippen LogP contribution is 2.51. The van der Waals surface area contributed by atoms with E-state index in [0.717, 1.165) is 11.1 Å². The molecule has 3 N–H and O–H groups in total. The van der Waals surface area contributed by atoms with E-state index in [0.29, 0.717) is 46.6 Å². The van der Waals surface area contributed by atoms with E-state index < -0.39 is 11.7 Å². The van der Waals surface area contributed by atoms with Crippen LogP contribution >= 0.6 is 0 Å². The number of hydrogen-bond donors (Lipinski definition) is 3. The molecule has 2 heterocycles. The molecule has 0 saturated heterocycles. The summed E-state index contributed by atoms with van der Waals surface area (Å²) in [6, 6.07) is 3.19. The van der Waals surface area contributed by atoms with Gasteiger partial charge in [0.15, 0.2) is 17.3 Å². The van der Waals surface area contributed by atoms with Crippen LogP contribution in [0, 0.1) is 0 Å². The Bertz CT molecular complexity index is 1320. The number of fused-ring (bicyclic) bond motifs is 2. The number of carbonyl (C=O) groups is 1. The van der Waals surface area contributed by atoms with Gasteiger partial charge in [0.2, 0.25) is 0 Å². The molecule has 0 amide bonds. The van der Waals surface area contributed by atoms with Gasteiger partial charge in [0.1, 0.15) is 34.5 Å². The number of benzene rings is 2. The van der Waals surface area contributed by atoms with Crippen molar-refractivity contribution in [2.75, 3.05) is 0 Å². The van der Waals surface area contributed by atoms with E-state index in [-0.39, 0.29) is 35.0 Å². The summed E-state index contributed by atoms with van der Waals surface area (Å²) in [6.07, 6.45) is 7.83. The quantitative estimate of drug-likeness (QED) is 0.318. The smallest absolute Gasteiger partial charge is 0.174 e. The van der Waals surface area contributed by atoms with Crippen LogP contribution in [0.2, 0.25) is 0 Å². The number of phenolic OH excluding ortho intramolecular Hbond substituents is 3. The number of ketones is 1. The third-order valence-electron chi connectivity index (χ3n) is 6.45. The Balaban J connectivity index is 1.86. The van der Waals surface area contributed by atoms with Crippen LogP contribution in [0.15, 0.2) is 41.5 Å². The lowest BCUT2D eigenvalue weighted by Crippen LogP contribution is -2.29. The number of aromatic hydroxyl groups is 3. The number of Topliss-reactive ketones (excluding diaryl/α,β-unsaturated/α-hetero) is 1. The van der Waals surface area contributed by atoms with Gasteiger partial charge in [-0.2, -0.15) is 0 Å². The second kappa shape index (κ2) is 9.41. The molecule has 6 nitrogen and oxygen atoms in total. The third kappa shape index (κ3) is 4.85. The summed E-state index contributed by atoms with van der Waals surface area (Å²) >= 11 is 0. The van der Waals surface area contributed by atoms with Crippen molar-refractivity contribution in [3.63, 3.8) is 0 Å². The van der Waals surface area contributed by atoms with E-state index in [9.17, 15) is 20.1 Å². The van der Waals surface area contributed by atoms with E-state index in [4.69, 9.17) is 9.47 Å². The molecular weight excluding hydrogens is 456 g/mol. The minimum absolute atomic E-state index is 0.0101. The highest BCUT2D eigenvalue weighted by Gasteiger charge is 2.38. The van der Waals surface area contributed by atoms with Gasteiger partial charge < -0.3 is 24.8 Å². The molecule has 0 bridgehead atoms. The van der Waals surface area contributed by atoms with E-state index in [1.807, 2.05) is 59.8 Å². The molecule has 0 radical (unpaired) electrons. The zero-order valence-electron chi connectivity index (χ0n) is 21.7. The first-order chi connectivity index (χ1) is 16.9. The summed E-state index contributed by atoms with van der Waals surface area (Å²) in [4.78, 5) is 13.4. The summed E-state index contributed by atoms with van der Waals surface area (Å²) < 4.78 is 12.7. The molecule has 0 spiro atoms. The fourth-order valence-electron chi connectivity index (χ4n) is 4.50. The highest BCUT2D eigenvalue weighted by atomic mass is 16.5. The van der Waals surface area contributed by atoms with E-state index in [1.54, 1.807) is 12.1 Å². The molecule has 4 rings (SSSR count). The zero-order valence-corrected chi connectivity index (χ0v) is 21.7. The SMILES string of the molecule is CC(C)=CCc1cc(C2CC(=O)c3c(O)c4c(c(CC=C(C)C)c3O2)OC(C)(C)C=C4)cc(O)c1O. The molecule has 6 heteroatoms. The molecule has 0 saturated carbocycles. The Kier molecular flexibility index (Phi) is 6.65.